The number of hydrogen-bond donors (Lipinski definition) is 0. The second-order valence-electron chi connectivity index (χ2n) is 13.4. The zero-order valence-electron chi connectivity index (χ0n) is 21.5. The van der Waals surface area contributed by atoms with E-state index in [4.69, 9.17) is 9.47 Å². The van der Waals surface area contributed by atoms with Crippen LogP contribution in [0.4, 0.5) is 0 Å². The zero-order chi connectivity index (χ0) is 24.8. The molecular formula is C29H40O6. The van der Waals surface area contributed by atoms with Crippen LogP contribution < -0.4 is 0 Å². The first-order valence-electron chi connectivity index (χ1n) is 14.1. The number of rotatable bonds is 6. The van der Waals surface area contributed by atoms with Crippen LogP contribution >= 0.6 is 0 Å². The van der Waals surface area contributed by atoms with E-state index in [2.05, 4.69) is 13.8 Å². The molecule has 1 heterocycles. The van der Waals surface area contributed by atoms with Crippen molar-refractivity contribution in [2.45, 2.75) is 84.7 Å². The van der Waals surface area contributed by atoms with Gasteiger partial charge in [-0.25, -0.2) is 0 Å². The molecule has 0 aromatic heterocycles. The summed E-state index contributed by atoms with van der Waals surface area (Å²) in [4.78, 5) is 51.3. The van der Waals surface area contributed by atoms with Gasteiger partial charge in [-0.3, -0.25) is 19.2 Å². The summed E-state index contributed by atoms with van der Waals surface area (Å²) in [7, 11) is 0. The summed E-state index contributed by atoms with van der Waals surface area (Å²) >= 11 is 0. The van der Waals surface area contributed by atoms with Gasteiger partial charge in [-0.05, 0) is 100 Å². The van der Waals surface area contributed by atoms with Crippen LogP contribution in [0.15, 0.2) is 0 Å². The van der Waals surface area contributed by atoms with E-state index in [9.17, 15) is 19.2 Å². The molecule has 6 heteroatoms. The highest BCUT2D eigenvalue weighted by Crippen LogP contribution is 2.64. The predicted octanol–water partition coefficient (Wildman–Crippen LogP) is 4.58. The van der Waals surface area contributed by atoms with Gasteiger partial charge >= 0.3 is 17.9 Å². The highest BCUT2D eigenvalue weighted by molar-refractivity contribution is 5.97. The van der Waals surface area contributed by atoms with Crippen LogP contribution in [0.1, 0.15) is 79.1 Å². The molecule has 0 N–H and O–H groups in total. The van der Waals surface area contributed by atoms with Crippen LogP contribution in [-0.2, 0) is 28.7 Å². The summed E-state index contributed by atoms with van der Waals surface area (Å²) < 4.78 is 11.4. The molecule has 6 fully saturated rings. The van der Waals surface area contributed by atoms with E-state index in [1.807, 2.05) is 6.92 Å². The third-order valence-corrected chi connectivity index (χ3v) is 11.7. The number of fused-ring (bicyclic) bond motifs is 7. The van der Waals surface area contributed by atoms with Gasteiger partial charge in [0.25, 0.3) is 0 Å². The van der Waals surface area contributed by atoms with Crippen LogP contribution in [0, 0.1) is 71.0 Å². The third kappa shape index (κ3) is 3.48. The molecule has 192 valence electrons. The Kier molecular flexibility index (Phi) is 5.51. The van der Waals surface area contributed by atoms with Crippen molar-refractivity contribution in [3.05, 3.63) is 0 Å². The molecule has 6 rings (SSSR count). The quantitative estimate of drug-likeness (QED) is 0.405. The SMILES string of the molecule is CC(=O)C1CC2CC1C(C1C(=O)OC(=O)C1CC(C)C(=O)OC1(C)CC3CC1C1CCCC31)C2C. The molecule has 0 aromatic rings. The number of ether oxygens (including phenoxy) is 2. The third-order valence-electron chi connectivity index (χ3n) is 11.7. The monoisotopic (exact) mass is 484 g/mol. The first kappa shape index (κ1) is 23.7. The van der Waals surface area contributed by atoms with Crippen molar-refractivity contribution in [2.24, 2.45) is 71.0 Å². The van der Waals surface area contributed by atoms with Gasteiger partial charge < -0.3 is 9.47 Å². The van der Waals surface area contributed by atoms with E-state index in [-0.39, 0.29) is 41.8 Å². The van der Waals surface area contributed by atoms with E-state index in [0.29, 0.717) is 23.7 Å². The second kappa shape index (κ2) is 8.14. The minimum absolute atomic E-state index is 0.0232. The summed E-state index contributed by atoms with van der Waals surface area (Å²) in [6.07, 6.45) is 8.14. The molecule has 6 nitrogen and oxygen atoms in total. The Balaban J connectivity index is 1.15. The number of hydrogen-bond acceptors (Lipinski definition) is 6. The number of ketones is 1. The lowest BCUT2D eigenvalue weighted by Crippen LogP contribution is -2.44. The van der Waals surface area contributed by atoms with Gasteiger partial charge in [0.2, 0.25) is 0 Å². The number of Topliss-reactive ketones (excluding diaryl/α,β-unsaturated/α-hetero) is 1. The van der Waals surface area contributed by atoms with E-state index >= 15 is 0 Å². The summed E-state index contributed by atoms with van der Waals surface area (Å²) in [5.41, 5.74) is -0.402. The van der Waals surface area contributed by atoms with Crippen LogP contribution in [0.5, 0.6) is 0 Å². The Morgan fingerprint density at radius 1 is 1.06 bits per heavy atom. The number of carbonyl (C=O) groups is 4. The highest BCUT2D eigenvalue weighted by atomic mass is 16.6. The van der Waals surface area contributed by atoms with Gasteiger partial charge in [-0.2, -0.15) is 0 Å². The fraction of sp³-hybridized carbons (Fsp3) is 0.862. The molecule has 0 radical (unpaired) electrons. The Labute approximate surface area is 208 Å². The van der Waals surface area contributed by atoms with Gasteiger partial charge in [0.1, 0.15) is 11.4 Å². The van der Waals surface area contributed by atoms with Crippen molar-refractivity contribution in [1.29, 1.82) is 0 Å². The number of carbonyl (C=O) groups excluding carboxylic acids is 4. The van der Waals surface area contributed by atoms with E-state index in [0.717, 1.165) is 25.2 Å². The molecule has 5 saturated carbocycles. The van der Waals surface area contributed by atoms with Crippen molar-refractivity contribution in [3.8, 4) is 0 Å². The molecule has 1 aliphatic heterocycles. The zero-order valence-corrected chi connectivity index (χ0v) is 21.5. The van der Waals surface area contributed by atoms with Gasteiger partial charge in [0, 0.05) is 11.8 Å². The average Bonchev–Trinajstić information content (AvgIpc) is 3.59. The normalized spacial score (nSPS) is 50.5. The molecule has 35 heavy (non-hydrogen) atoms. The number of cyclic esters (lactones) is 2. The maximum Gasteiger partial charge on any atom is 0.317 e. The van der Waals surface area contributed by atoms with Crippen LogP contribution in [0.2, 0.25) is 0 Å². The Morgan fingerprint density at radius 3 is 2.51 bits per heavy atom. The molecular weight excluding hydrogens is 444 g/mol. The minimum Gasteiger partial charge on any atom is -0.459 e. The second-order valence-corrected chi connectivity index (χ2v) is 13.4. The standard InChI is InChI=1S/C29H40O6/c1-13(26(31)35-29(4)12-17-11-23(29)19-7-5-6-18(17)19)8-22-25(28(33)34-27(22)32)24-14(2)16-9-20(15(3)30)21(24)10-16/h13-14,16-25H,5-12H2,1-4H3. The van der Waals surface area contributed by atoms with E-state index in [1.165, 1.54) is 25.7 Å². The lowest BCUT2D eigenvalue weighted by Gasteiger charge is -2.40. The van der Waals surface area contributed by atoms with Crippen molar-refractivity contribution >= 4 is 23.7 Å². The topological polar surface area (TPSA) is 86.7 Å². The predicted molar refractivity (Wildman–Crippen MR) is 126 cm³/mol. The molecule has 6 aliphatic rings. The summed E-state index contributed by atoms with van der Waals surface area (Å²) in [5.74, 6) is 0.748. The fourth-order valence-corrected chi connectivity index (χ4v) is 10.3. The summed E-state index contributed by atoms with van der Waals surface area (Å²) in [6, 6.07) is 0. The largest absolute Gasteiger partial charge is 0.459 e. The van der Waals surface area contributed by atoms with Crippen molar-refractivity contribution < 1.29 is 28.7 Å². The molecule has 13 atom stereocenters. The Bertz CT molecular complexity index is 957. The van der Waals surface area contributed by atoms with Crippen LogP contribution in [-0.4, -0.2) is 29.3 Å². The lowest BCUT2D eigenvalue weighted by atomic mass is 9.64. The van der Waals surface area contributed by atoms with Crippen molar-refractivity contribution in [3.63, 3.8) is 0 Å². The number of esters is 3. The van der Waals surface area contributed by atoms with Crippen LogP contribution in [0.25, 0.3) is 0 Å². The maximum atomic E-state index is 13.3. The maximum absolute atomic E-state index is 13.3. The van der Waals surface area contributed by atoms with Gasteiger partial charge in [0.05, 0.1) is 17.8 Å². The van der Waals surface area contributed by atoms with Crippen LogP contribution in [0.3, 0.4) is 0 Å². The Morgan fingerprint density at radius 2 is 1.80 bits per heavy atom. The molecule has 5 aliphatic carbocycles. The van der Waals surface area contributed by atoms with Gasteiger partial charge in [0.15, 0.2) is 0 Å². The van der Waals surface area contributed by atoms with E-state index < -0.39 is 35.3 Å². The molecule has 13 unspecified atom stereocenters. The molecule has 0 spiro atoms. The van der Waals surface area contributed by atoms with Crippen molar-refractivity contribution in [2.75, 3.05) is 0 Å². The van der Waals surface area contributed by atoms with Gasteiger partial charge in [-0.1, -0.05) is 20.3 Å². The molecule has 4 bridgehead atoms. The fourth-order valence-electron chi connectivity index (χ4n) is 10.3. The van der Waals surface area contributed by atoms with E-state index in [1.54, 1.807) is 6.92 Å². The van der Waals surface area contributed by atoms with Crippen molar-refractivity contribution in [1.82, 2.24) is 0 Å². The molecule has 0 aromatic carbocycles. The summed E-state index contributed by atoms with van der Waals surface area (Å²) in [6.45, 7) is 7.74. The molecule has 1 saturated heterocycles. The average molecular weight is 485 g/mol. The molecule has 0 amide bonds. The Hall–Kier alpha value is -1.72. The van der Waals surface area contributed by atoms with Gasteiger partial charge in [-0.15, -0.1) is 0 Å². The smallest absolute Gasteiger partial charge is 0.317 e. The minimum atomic E-state index is -0.628. The first-order valence-corrected chi connectivity index (χ1v) is 14.1. The first-order chi connectivity index (χ1) is 16.6. The highest BCUT2D eigenvalue weighted by Gasteiger charge is 2.62. The summed E-state index contributed by atoms with van der Waals surface area (Å²) in [5, 5.41) is 0. The lowest BCUT2D eigenvalue weighted by molar-refractivity contribution is -0.172.